The van der Waals surface area contributed by atoms with Gasteiger partial charge in [0.1, 0.15) is 17.2 Å². The summed E-state index contributed by atoms with van der Waals surface area (Å²) in [6.45, 7) is 4.61. The molecule has 0 atom stereocenters. The number of carbonyl (C=O) groups excluding carboxylic acids is 2. The zero-order chi connectivity index (χ0) is 22.2. The first-order chi connectivity index (χ1) is 15.0. The molecule has 4 N–H and O–H groups in total. The molecule has 0 aliphatic carbocycles. The molecule has 168 valence electrons. The van der Waals surface area contributed by atoms with Crippen LogP contribution in [0.2, 0.25) is 0 Å². The first kappa shape index (κ1) is 22.8. The van der Waals surface area contributed by atoms with Gasteiger partial charge in [0.25, 0.3) is 11.8 Å². The van der Waals surface area contributed by atoms with Gasteiger partial charge >= 0.3 is 0 Å². The maximum atomic E-state index is 13.2. The van der Waals surface area contributed by atoms with E-state index in [0.717, 1.165) is 19.4 Å². The highest BCUT2D eigenvalue weighted by Crippen LogP contribution is 2.24. The van der Waals surface area contributed by atoms with E-state index in [0.29, 0.717) is 36.5 Å². The van der Waals surface area contributed by atoms with Crippen LogP contribution in [0.1, 0.15) is 38.5 Å². The molecule has 2 heterocycles. The molecule has 0 aromatic heterocycles. The molecule has 2 amide bonds. The molecule has 1 aromatic rings. The lowest BCUT2D eigenvalue weighted by Gasteiger charge is -2.30. The number of nitrogens with zero attached hydrogens (tertiary/aromatic N) is 3. The molecule has 2 aliphatic heterocycles. The number of amides is 2. The molecule has 3 rings (SSSR count). The summed E-state index contributed by atoms with van der Waals surface area (Å²) in [5.41, 5.74) is 12.4. The number of unbranched alkanes of at least 4 members (excludes halogenated alkanes) is 1. The van der Waals surface area contributed by atoms with E-state index >= 15 is 0 Å². The zero-order valence-corrected chi connectivity index (χ0v) is 18.3. The molecule has 8 nitrogen and oxygen atoms in total. The Morgan fingerprint density at radius 2 is 1.71 bits per heavy atom. The van der Waals surface area contributed by atoms with E-state index in [9.17, 15) is 9.59 Å². The summed E-state index contributed by atoms with van der Waals surface area (Å²) in [4.78, 5) is 33.7. The zero-order valence-electron chi connectivity index (χ0n) is 18.3. The van der Waals surface area contributed by atoms with E-state index in [1.165, 1.54) is 32.4 Å². The molecule has 2 fully saturated rings. The fraction of sp³-hybridized carbons (Fsp3) is 0.522. The van der Waals surface area contributed by atoms with Crippen molar-refractivity contribution < 1.29 is 14.3 Å². The Kier molecular flexibility index (Phi) is 8.06. The van der Waals surface area contributed by atoms with Crippen molar-refractivity contribution in [3.05, 3.63) is 35.5 Å². The molecule has 0 bridgehead atoms. The number of rotatable bonds is 8. The summed E-state index contributed by atoms with van der Waals surface area (Å²) >= 11 is 0. The van der Waals surface area contributed by atoms with Crippen LogP contribution in [0.4, 0.5) is 5.69 Å². The lowest BCUT2D eigenvalue weighted by molar-refractivity contribution is -0.124. The maximum absolute atomic E-state index is 13.2. The second-order valence-electron chi connectivity index (χ2n) is 8.07. The van der Waals surface area contributed by atoms with E-state index in [2.05, 4.69) is 9.89 Å². The van der Waals surface area contributed by atoms with Gasteiger partial charge in [-0.25, -0.2) is 4.99 Å². The first-order valence-corrected chi connectivity index (χ1v) is 11.0. The van der Waals surface area contributed by atoms with Crippen molar-refractivity contribution in [2.45, 2.75) is 38.5 Å². The summed E-state index contributed by atoms with van der Waals surface area (Å²) in [5.74, 6) is -0.249. The van der Waals surface area contributed by atoms with Crippen molar-refractivity contribution in [1.29, 1.82) is 0 Å². The van der Waals surface area contributed by atoms with Crippen LogP contribution in [0.25, 0.3) is 0 Å². The van der Waals surface area contributed by atoms with Gasteiger partial charge in [-0.2, -0.15) is 0 Å². The molecule has 8 heteroatoms. The van der Waals surface area contributed by atoms with Crippen molar-refractivity contribution in [3.63, 3.8) is 0 Å². The van der Waals surface area contributed by atoms with Crippen LogP contribution < -0.4 is 16.2 Å². The number of nitrogens with two attached hydrogens (primary N) is 2. The Morgan fingerprint density at radius 1 is 1.03 bits per heavy atom. The number of aliphatic imine (C=N–C) groups is 1. The Balaban J connectivity index is 1.70. The highest BCUT2D eigenvalue weighted by atomic mass is 16.5. The smallest absolute Gasteiger partial charge is 0.272 e. The average Bonchev–Trinajstić information content (AvgIpc) is 2.79. The number of hydrogen-bond acceptors (Lipinski definition) is 6. The third-order valence-electron chi connectivity index (χ3n) is 5.91. The van der Waals surface area contributed by atoms with E-state index in [1.54, 1.807) is 36.3 Å². The van der Waals surface area contributed by atoms with Crippen LogP contribution in [-0.4, -0.2) is 67.2 Å². The first-order valence-electron chi connectivity index (χ1n) is 11.0. The minimum absolute atomic E-state index is 0.0923. The lowest BCUT2D eigenvalue weighted by Crippen LogP contribution is -2.45. The van der Waals surface area contributed by atoms with Gasteiger partial charge in [-0.3, -0.25) is 9.59 Å². The molecular formula is C23H33N5O3. The van der Waals surface area contributed by atoms with E-state index in [-0.39, 0.29) is 17.3 Å². The molecule has 0 saturated carbocycles. The molecule has 2 aliphatic rings. The van der Waals surface area contributed by atoms with Crippen LogP contribution >= 0.6 is 0 Å². The summed E-state index contributed by atoms with van der Waals surface area (Å²) in [5, 5.41) is 0. The number of ether oxygens (including phenoxy) is 1. The van der Waals surface area contributed by atoms with Gasteiger partial charge < -0.3 is 26.0 Å². The van der Waals surface area contributed by atoms with E-state index < -0.39 is 5.91 Å². The molecule has 0 spiro atoms. The van der Waals surface area contributed by atoms with E-state index in [1.807, 2.05) is 0 Å². The summed E-state index contributed by atoms with van der Waals surface area (Å²) < 4.78 is 5.17. The summed E-state index contributed by atoms with van der Waals surface area (Å²) in [6, 6.07) is 7.06. The minimum atomic E-state index is -0.736. The SMILES string of the molecule is COc1ccc(N=C2C(=O)N(CCCCN3CCCCC3)CCC2=C(N)C(N)=O)cc1. The molecule has 1 aromatic carbocycles. The fourth-order valence-corrected chi connectivity index (χ4v) is 4.09. The predicted molar refractivity (Wildman–Crippen MR) is 121 cm³/mol. The number of methoxy groups -OCH3 is 1. The average molecular weight is 428 g/mol. The topological polar surface area (TPSA) is 114 Å². The van der Waals surface area contributed by atoms with E-state index in [4.69, 9.17) is 16.2 Å². The van der Waals surface area contributed by atoms with Gasteiger partial charge in [0.15, 0.2) is 0 Å². The third-order valence-corrected chi connectivity index (χ3v) is 5.91. The Bertz CT molecular complexity index is 841. The standard InChI is InChI=1S/C23H33N5O3/c1-31-18-9-7-17(8-10-18)26-21-19(20(24)22(25)29)11-16-28(23(21)30)15-6-5-14-27-12-3-2-4-13-27/h7-10H,2-6,11-16,24H2,1H3,(H2,25,29). The lowest BCUT2D eigenvalue weighted by atomic mass is 9.97. The normalized spacial score (nSPS) is 20.7. The van der Waals surface area contributed by atoms with Gasteiger partial charge in [-0.05, 0) is 76.0 Å². The van der Waals surface area contributed by atoms with Gasteiger partial charge in [0, 0.05) is 18.7 Å². The number of primary amides is 1. The Labute approximate surface area is 183 Å². The van der Waals surface area contributed by atoms with Crippen LogP contribution in [0.15, 0.2) is 40.5 Å². The highest BCUT2D eigenvalue weighted by molar-refractivity contribution is 6.47. The molecule has 31 heavy (non-hydrogen) atoms. The minimum Gasteiger partial charge on any atom is -0.497 e. The molecule has 0 unspecified atom stereocenters. The number of benzene rings is 1. The number of carbonyl (C=O) groups is 2. The second kappa shape index (κ2) is 10.9. The van der Waals surface area contributed by atoms with Crippen molar-refractivity contribution in [3.8, 4) is 5.75 Å². The third kappa shape index (κ3) is 6.07. The van der Waals surface area contributed by atoms with Gasteiger partial charge in [0.2, 0.25) is 0 Å². The van der Waals surface area contributed by atoms with Gasteiger partial charge in [-0.1, -0.05) is 6.42 Å². The van der Waals surface area contributed by atoms with Gasteiger partial charge in [0.05, 0.1) is 12.8 Å². The van der Waals surface area contributed by atoms with Crippen molar-refractivity contribution in [2.75, 3.05) is 39.8 Å². The highest BCUT2D eigenvalue weighted by Gasteiger charge is 2.31. The maximum Gasteiger partial charge on any atom is 0.272 e. The van der Waals surface area contributed by atoms with Crippen molar-refractivity contribution in [2.24, 2.45) is 16.5 Å². The Hall–Kier alpha value is -2.87. The van der Waals surface area contributed by atoms with Crippen LogP contribution in [0.3, 0.4) is 0 Å². The number of likely N-dealkylation sites (tertiary alicyclic amines) is 2. The molecule has 0 radical (unpaired) electrons. The van der Waals surface area contributed by atoms with Gasteiger partial charge in [-0.15, -0.1) is 0 Å². The second-order valence-corrected chi connectivity index (χ2v) is 8.07. The van der Waals surface area contributed by atoms with Crippen LogP contribution in [0, 0.1) is 0 Å². The molecule has 2 saturated heterocycles. The predicted octanol–water partition coefficient (Wildman–Crippen LogP) is 1.96. The number of piperidine rings is 2. The van der Waals surface area contributed by atoms with Crippen LogP contribution in [0.5, 0.6) is 5.75 Å². The largest absolute Gasteiger partial charge is 0.497 e. The molecular weight excluding hydrogens is 394 g/mol. The number of hydrogen-bond donors (Lipinski definition) is 2. The Morgan fingerprint density at radius 3 is 2.35 bits per heavy atom. The quantitative estimate of drug-likeness (QED) is 0.486. The monoisotopic (exact) mass is 427 g/mol. The summed E-state index contributed by atoms with van der Waals surface area (Å²) in [7, 11) is 1.59. The van der Waals surface area contributed by atoms with Crippen LogP contribution in [-0.2, 0) is 9.59 Å². The van der Waals surface area contributed by atoms with Crippen molar-refractivity contribution in [1.82, 2.24) is 9.80 Å². The summed E-state index contributed by atoms with van der Waals surface area (Å²) in [6.07, 6.45) is 6.35. The van der Waals surface area contributed by atoms with Crippen molar-refractivity contribution >= 4 is 23.2 Å². The fourth-order valence-electron chi connectivity index (χ4n) is 4.09.